The minimum atomic E-state index is -0.965. The van der Waals surface area contributed by atoms with E-state index in [2.05, 4.69) is 20.2 Å². The van der Waals surface area contributed by atoms with Gasteiger partial charge in [0.25, 0.3) is 0 Å². The molecule has 0 aliphatic carbocycles. The number of aromatic carboxylic acids is 1. The predicted molar refractivity (Wildman–Crippen MR) is 70.4 cm³/mol. The highest BCUT2D eigenvalue weighted by Gasteiger charge is 2.19. The second-order valence-corrected chi connectivity index (χ2v) is 6.04. The number of carboxylic acids is 1. The topological polar surface area (TPSA) is 91.8 Å². The number of carboxylic acid groups (broad SMARTS) is 1. The Morgan fingerprint density at radius 2 is 2.11 bits per heavy atom. The van der Waals surface area contributed by atoms with Crippen molar-refractivity contribution in [2.75, 3.05) is 0 Å². The molecule has 0 aliphatic rings. The van der Waals surface area contributed by atoms with Gasteiger partial charge < -0.3 is 5.11 Å². The van der Waals surface area contributed by atoms with E-state index < -0.39 is 5.97 Å². The van der Waals surface area contributed by atoms with Crippen molar-refractivity contribution in [1.82, 2.24) is 20.2 Å². The summed E-state index contributed by atoms with van der Waals surface area (Å²) in [6.07, 6.45) is 1.40. The zero-order valence-electron chi connectivity index (χ0n) is 10.8. The molecule has 100 valence electrons. The average Bonchev–Trinajstić information content (AvgIpc) is 2.80. The highest BCUT2D eigenvalue weighted by atomic mass is 32.2. The van der Waals surface area contributed by atoms with Gasteiger partial charge in [0.2, 0.25) is 0 Å². The first kappa shape index (κ1) is 13.5. The molecule has 2 aromatic heterocycles. The van der Waals surface area contributed by atoms with Crippen molar-refractivity contribution in [1.29, 1.82) is 0 Å². The van der Waals surface area contributed by atoms with Crippen LogP contribution in [0.1, 0.15) is 36.8 Å². The van der Waals surface area contributed by atoms with Gasteiger partial charge in [-0.15, -0.1) is 0 Å². The van der Waals surface area contributed by atoms with Crippen LogP contribution in [-0.2, 0) is 5.41 Å². The summed E-state index contributed by atoms with van der Waals surface area (Å²) in [6, 6.07) is 3.14. The van der Waals surface area contributed by atoms with Gasteiger partial charge in [-0.25, -0.2) is 14.8 Å². The zero-order valence-corrected chi connectivity index (χ0v) is 11.7. The monoisotopic (exact) mass is 278 g/mol. The molecule has 0 aliphatic heterocycles. The van der Waals surface area contributed by atoms with Crippen molar-refractivity contribution in [3.8, 4) is 0 Å². The minimum absolute atomic E-state index is 0.220. The van der Waals surface area contributed by atoms with Crippen molar-refractivity contribution < 1.29 is 9.90 Å². The summed E-state index contributed by atoms with van der Waals surface area (Å²) < 4.78 is 0. The molecule has 0 bridgehead atoms. The summed E-state index contributed by atoms with van der Waals surface area (Å²) >= 11 is 1.25. The highest BCUT2D eigenvalue weighted by molar-refractivity contribution is 7.99. The van der Waals surface area contributed by atoms with Crippen LogP contribution in [0.4, 0.5) is 0 Å². The van der Waals surface area contributed by atoms with Gasteiger partial charge in [-0.3, -0.25) is 5.10 Å². The van der Waals surface area contributed by atoms with Crippen molar-refractivity contribution in [2.24, 2.45) is 0 Å². The molecule has 0 radical (unpaired) electrons. The predicted octanol–water partition coefficient (Wildman–Crippen LogP) is 2.35. The van der Waals surface area contributed by atoms with Gasteiger partial charge in [0, 0.05) is 11.1 Å². The Kier molecular flexibility index (Phi) is 3.57. The molecule has 6 nitrogen and oxygen atoms in total. The molecule has 0 atom stereocenters. The number of hydrogen-bond donors (Lipinski definition) is 2. The maximum atomic E-state index is 11.2. The van der Waals surface area contributed by atoms with Gasteiger partial charge in [0.05, 0.1) is 5.56 Å². The lowest BCUT2D eigenvalue weighted by atomic mass is 9.91. The molecule has 0 spiro atoms. The summed E-state index contributed by atoms with van der Waals surface area (Å²) in [4.78, 5) is 19.6. The Bertz CT molecular complexity index is 590. The van der Waals surface area contributed by atoms with E-state index in [4.69, 9.17) is 5.11 Å². The summed E-state index contributed by atoms with van der Waals surface area (Å²) in [5.74, 6) is -0.965. The molecule has 0 unspecified atom stereocenters. The van der Waals surface area contributed by atoms with Crippen LogP contribution in [0.3, 0.4) is 0 Å². The Balaban J connectivity index is 2.42. The van der Waals surface area contributed by atoms with Crippen LogP contribution in [0.25, 0.3) is 0 Å². The fourth-order valence-corrected chi connectivity index (χ4v) is 2.13. The van der Waals surface area contributed by atoms with Gasteiger partial charge in [-0.2, -0.15) is 5.10 Å². The molecule has 2 aromatic rings. The number of nitrogens with one attached hydrogen (secondary N) is 1. The quantitative estimate of drug-likeness (QED) is 0.895. The molecule has 0 saturated heterocycles. The first-order valence-corrected chi connectivity index (χ1v) is 6.47. The largest absolute Gasteiger partial charge is 0.478 e. The second-order valence-electron chi connectivity index (χ2n) is 5.03. The van der Waals surface area contributed by atoms with E-state index >= 15 is 0 Å². The maximum absolute atomic E-state index is 11.2. The third-order valence-corrected chi connectivity index (χ3v) is 3.22. The van der Waals surface area contributed by atoms with Gasteiger partial charge in [0.15, 0.2) is 5.16 Å². The summed E-state index contributed by atoms with van der Waals surface area (Å²) in [5.41, 5.74) is 0.735. The number of aromatic amines is 1. The number of carbonyl (C=O) groups is 1. The van der Waals surface area contributed by atoms with Gasteiger partial charge >= 0.3 is 5.97 Å². The molecule has 7 heteroatoms. The lowest BCUT2D eigenvalue weighted by Gasteiger charge is -2.18. The Hall–Kier alpha value is -1.89. The number of hydrogen-bond acceptors (Lipinski definition) is 5. The van der Waals surface area contributed by atoms with E-state index in [9.17, 15) is 4.79 Å². The van der Waals surface area contributed by atoms with Crippen molar-refractivity contribution in [3.05, 3.63) is 29.7 Å². The van der Waals surface area contributed by atoms with Crippen molar-refractivity contribution in [2.45, 2.75) is 36.4 Å². The number of nitrogens with zero attached hydrogens (tertiary/aromatic N) is 3. The van der Waals surface area contributed by atoms with Crippen LogP contribution in [0, 0.1) is 0 Å². The Labute approximate surface area is 114 Å². The van der Waals surface area contributed by atoms with Crippen LogP contribution in [0.2, 0.25) is 0 Å². The summed E-state index contributed by atoms with van der Waals surface area (Å²) in [7, 11) is 0. The zero-order chi connectivity index (χ0) is 14.0. The standard InChI is InChI=1S/C12H14N4O2S/c1-12(2,3)8-4-7(10(17)18)5-9(15-8)19-11-13-6-14-16-11/h4-6H,1-3H3,(H,17,18)(H,13,14,16). The lowest BCUT2D eigenvalue weighted by molar-refractivity contribution is 0.0696. The molecular formula is C12H14N4O2S. The first-order valence-electron chi connectivity index (χ1n) is 5.65. The lowest BCUT2D eigenvalue weighted by Crippen LogP contribution is -2.15. The summed E-state index contributed by atoms with van der Waals surface area (Å²) in [5, 5.41) is 16.8. The fraction of sp³-hybridized carbons (Fsp3) is 0.333. The van der Waals surface area contributed by atoms with Crippen molar-refractivity contribution >= 4 is 17.7 Å². The number of H-pyrrole nitrogens is 1. The van der Waals surface area contributed by atoms with Gasteiger partial charge in [-0.1, -0.05) is 20.8 Å². The van der Waals surface area contributed by atoms with Crippen LogP contribution in [0.5, 0.6) is 0 Å². The molecule has 0 saturated carbocycles. The third-order valence-electron chi connectivity index (χ3n) is 2.41. The molecule has 0 fully saturated rings. The van der Waals surface area contributed by atoms with E-state index in [1.54, 1.807) is 6.07 Å². The fourth-order valence-electron chi connectivity index (χ4n) is 1.41. The summed E-state index contributed by atoms with van der Waals surface area (Å²) in [6.45, 7) is 5.97. The molecule has 2 rings (SSSR count). The molecule has 19 heavy (non-hydrogen) atoms. The smallest absolute Gasteiger partial charge is 0.335 e. The third kappa shape index (κ3) is 3.31. The molecular weight excluding hydrogens is 264 g/mol. The number of rotatable bonds is 3. The average molecular weight is 278 g/mol. The van der Waals surface area contributed by atoms with Crippen LogP contribution in [-0.4, -0.2) is 31.2 Å². The highest BCUT2D eigenvalue weighted by Crippen LogP contribution is 2.28. The van der Waals surface area contributed by atoms with E-state index in [1.165, 1.54) is 24.2 Å². The van der Waals surface area contributed by atoms with Crippen LogP contribution in [0.15, 0.2) is 28.6 Å². The molecule has 0 amide bonds. The number of pyridine rings is 1. The second kappa shape index (κ2) is 5.00. The molecule has 2 heterocycles. The van der Waals surface area contributed by atoms with E-state index in [0.29, 0.717) is 10.2 Å². The van der Waals surface area contributed by atoms with Gasteiger partial charge in [0.1, 0.15) is 11.4 Å². The van der Waals surface area contributed by atoms with Crippen LogP contribution >= 0.6 is 11.8 Å². The van der Waals surface area contributed by atoms with Crippen LogP contribution < -0.4 is 0 Å². The Morgan fingerprint density at radius 1 is 1.37 bits per heavy atom. The van der Waals surface area contributed by atoms with E-state index in [-0.39, 0.29) is 11.0 Å². The maximum Gasteiger partial charge on any atom is 0.335 e. The van der Waals surface area contributed by atoms with Crippen molar-refractivity contribution in [3.63, 3.8) is 0 Å². The molecule has 0 aromatic carbocycles. The van der Waals surface area contributed by atoms with E-state index in [1.807, 2.05) is 20.8 Å². The Morgan fingerprint density at radius 3 is 2.63 bits per heavy atom. The number of aromatic nitrogens is 4. The van der Waals surface area contributed by atoms with E-state index in [0.717, 1.165) is 5.69 Å². The van der Waals surface area contributed by atoms with Gasteiger partial charge in [-0.05, 0) is 23.9 Å². The first-order chi connectivity index (χ1) is 8.86. The normalized spacial score (nSPS) is 11.5. The SMILES string of the molecule is CC(C)(C)c1cc(C(=O)O)cc(Sc2ncn[nH]2)n1. The molecule has 2 N–H and O–H groups in total. The minimum Gasteiger partial charge on any atom is -0.478 e.